The molecule has 0 spiro atoms. The number of carbonyl (C=O) groups is 3. The van der Waals surface area contributed by atoms with E-state index in [4.69, 9.17) is 22.1 Å². The molecule has 1 aromatic carbocycles. The molecule has 0 saturated carbocycles. The number of carbonyl (C=O) groups excluding carboxylic acids is 3. The zero-order valence-corrected chi connectivity index (χ0v) is 12.9. The molecule has 0 aliphatic carbocycles. The molecule has 1 rings (SSSR count). The summed E-state index contributed by atoms with van der Waals surface area (Å²) in [5.74, 6) is -0.680. The summed E-state index contributed by atoms with van der Waals surface area (Å²) in [6.45, 7) is 0.211. The second-order valence-corrected chi connectivity index (χ2v) is 5.13. The third-order valence-corrected chi connectivity index (χ3v) is 3.14. The second-order valence-electron chi connectivity index (χ2n) is 4.69. The number of Topliss-reactive ketones (excluding diaryl/α,β-unsaturated/α-hetero) is 1. The summed E-state index contributed by atoms with van der Waals surface area (Å²) in [7, 11) is 0. The van der Waals surface area contributed by atoms with Gasteiger partial charge in [-0.2, -0.15) is 0 Å². The van der Waals surface area contributed by atoms with Gasteiger partial charge in [-0.15, -0.1) is 0 Å². The summed E-state index contributed by atoms with van der Waals surface area (Å²) in [6, 6.07) is 5.84. The summed E-state index contributed by atoms with van der Waals surface area (Å²) < 4.78 is 4.92. The van der Waals surface area contributed by atoms with Crippen LogP contribution < -0.4 is 11.1 Å². The average molecular weight is 327 g/mol. The first-order valence-electron chi connectivity index (χ1n) is 6.96. The van der Waals surface area contributed by atoms with E-state index in [-0.39, 0.29) is 18.8 Å². The fourth-order valence-electron chi connectivity index (χ4n) is 1.72. The van der Waals surface area contributed by atoms with Crippen molar-refractivity contribution in [2.75, 3.05) is 13.2 Å². The number of unbranched alkanes of at least 4 members (excludes halogenated alkanes) is 2. The maximum absolute atomic E-state index is 11.8. The Morgan fingerprint density at radius 3 is 2.41 bits per heavy atom. The molecule has 120 valence electrons. The number of benzene rings is 1. The van der Waals surface area contributed by atoms with Crippen molar-refractivity contribution in [3.8, 4) is 0 Å². The van der Waals surface area contributed by atoms with Gasteiger partial charge >= 0.3 is 12.0 Å². The van der Waals surface area contributed by atoms with Gasteiger partial charge < -0.3 is 15.8 Å². The number of amides is 2. The van der Waals surface area contributed by atoms with E-state index >= 15 is 0 Å². The van der Waals surface area contributed by atoms with E-state index in [1.165, 1.54) is 0 Å². The standard InChI is InChI=1S/C15H19ClN2O4/c16-12-7-5-11(6-8-12)13(19)10-22-14(20)4-2-1-3-9-18-15(17)21/h5-8H,1-4,9-10H2,(H3,17,18,21). The van der Waals surface area contributed by atoms with Crippen molar-refractivity contribution < 1.29 is 19.1 Å². The number of urea groups is 1. The van der Waals surface area contributed by atoms with Crippen molar-refractivity contribution in [1.29, 1.82) is 0 Å². The number of hydrogen-bond acceptors (Lipinski definition) is 4. The van der Waals surface area contributed by atoms with Gasteiger partial charge in [0.05, 0.1) is 0 Å². The van der Waals surface area contributed by atoms with Gasteiger partial charge in [-0.1, -0.05) is 18.0 Å². The van der Waals surface area contributed by atoms with Gasteiger partial charge in [0.1, 0.15) is 0 Å². The van der Waals surface area contributed by atoms with E-state index in [1.54, 1.807) is 24.3 Å². The van der Waals surface area contributed by atoms with E-state index in [1.807, 2.05) is 0 Å². The first-order valence-corrected chi connectivity index (χ1v) is 7.34. The lowest BCUT2D eigenvalue weighted by molar-refractivity contribution is -0.142. The topological polar surface area (TPSA) is 98.5 Å². The fourth-order valence-corrected chi connectivity index (χ4v) is 1.85. The van der Waals surface area contributed by atoms with E-state index < -0.39 is 12.0 Å². The SMILES string of the molecule is NC(=O)NCCCCCC(=O)OCC(=O)c1ccc(Cl)cc1. The number of esters is 1. The van der Waals surface area contributed by atoms with Crippen LogP contribution in [-0.2, 0) is 9.53 Å². The lowest BCUT2D eigenvalue weighted by Gasteiger charge is -2.05. The van der Waals surface area contributed by atoms with Gasteiger partial charge in [-0.05, 0) is 37.1 Å². The number of ether oxygens (including phenoxy) is 1. The van der Waals surface area contributed by atoms with Gasteiger partial charge in [-0.3, -0.25) is 9.59 Å². The Labute approximate surface area is 134 Å². The smallest absolute Gasteiger partial charge is 0.312 e. The van der Waals surface area contributed by atoms with Crippen LogP contribution in [0.2, 0.25) is 5.02 Å². The fraction of sp³-hybridized carbons (Fsp3) is 0.400. The lowest BCUT2D eigenvalue weighted by Crippen LogP contribution is -2.29. The molecule has 6 nitrogen and oxygen atoms in total. The highest BCUT2D eigenvalue weighted by atomic mass is 35.5. The number of nitrogens with two attached hydrogens (primary N) is 1. The van der Waals surface area contributed by atoms with E-state index in [0.29, 0.717) is 23.6 Å². The number of ketones is 1. The van der Waals surface area contributed by atoms with Gasteiger partial charge in [0.15, 0.2) is 12.4 Å². The van der Waals surface area contributed by atoms with Gasteiger partial charge in [0, 0.05) is 23.6 Å². The van der Waals surface area contributed by atoms with Crippen LogP contribution in [0, 0.1) is 0 Å². The van der Waals surface area contributed by atoms with Gasteiger partial charge in [0.2, 0.25) is 0 Å². The third-order valence-electron chi connectivity index (χ3n) is 2.89. The van der Waals surface area contributed by atoms with E-state index in [0.717, 1.165) is 12.8 Å². The Kier molecular flexibility index (Phi) is 7.99. The Morgan fingerprint density at radius 2 is 1.77 bits per heavy atom. The van der Waals surface area contributed by atoms with Crippen LogP contribution >= 0.6 is 11.6 Å². The minimum atomic E-state index is -0.555. The second kappa shape index (κ2) is 9.78. The molecule has 1 aromatic rings. The largest absolute Gasteiger partial charge is 0.457 e. The van der Waals surface area contributed by atoms with Crippen LogP contribution in [0.1, 0.15) is 36.0 Å². The summed E-state index contributed by atoms with van der Waals surface area (Å²) in [6.07, 6.45) is 2.37. The van der Waals surface area contributed by atoms with Crippen LogP contribution in [0.25, 0.3) is 0 Å². The maximum atomic E-state index is 11.8. The Bertz CT molecular complexity index is 517. The maximum Gasteiger partial charge on any atom is 0.312 e. The molecule has 2 amide bonds. The Morgan fingerprint density at radius 1 is 1.09 bits per heavy atom. The van der Waals surface area contributed by atoms with Crippen LogP contribution in [0.3, 0.4) is 0 Å². The molecular formula is C15H19ClN2O4. The molecule has 0 heterocycles. The molecule has 0 atom stereocenters. The van der Waals surface area contributed by atoms with Crippen LogP contribution in [-0.4, -0.2) is 30.9 Å². The molecule has 0 fully saturated rings. The zero-order chi connectivity index (χ0) is 16.4. The molecule has 0 unspecified atom stereocenters. The highest BCUT2D eigenvalue weighted by Gasteiger charge is 2.09. The molecule has 0 aliphatic heterocycles. The number of primary amides is 1. The zero-order valence-electron chi connectivity index (χ0n) is 12.1. The number of rotatable bonds is 9. The Balaban J connectivity index is 2.13. The van der Waals surface area contributed by atoms with Gasteiger partial charge in [-0.25, -0.2) is 4.79 Å². The molecule has 0 aliphatic rings. The monoisotopic (exact) mass is 326 g/mol. The first-order chi connectivity index (χ1) is 10.5. The van der Waals surface area contributed by atoms with E-state index in [9.17, 15) is 14.4 Å². The van der Waals surface area contributed by atoms with Crippen LogP contribution in [0.4, 0.5) is 4.79 Å². The quantitative estimate of drug-likeness (QED) is 0.413. The van der Waals surface area contributed by atoms with Crippen molar-refractivity contribution in [2.45, 2.75) is 25.7 Å². The van der Waals surface area contributed by atoms with Gasteiger partial charge in [0.25, 0.3) is 0 Å². The average Bonchev–Trinajstić information content (AvgIpc) is 2.48. The minimum absolute atomic E-state index is 0.241. The molecular weight excluding hydrogens is 308 g/mol. The molecule has 3 N–H and O–H groups in total. The normalized spacial score (nSPS) is 10.0. The summed E-state index contributed by atoms with van der Waals surface area (Å²) in [5.41, 5.74) is 5.37. The van der Waals surface area contributed by atoms with Crippen molar-refractivity contribution in [3.05, 3.63) is 34.9 Å². The molecule has 0 saturated heterocycles. The van der Waals surface area contributed by atoms with Crippen molar-refractivity contribution >= 4 is 29.4 Å². The summed E-state index contributed by atoms with van der Waals surface area (Å²) in [4.78, 5) is 33.7. The predicted molar refractivity (Wildman–Crippen MR) is 82.8 cm³/mol. The summed E-state index contributed by atoms with van der Waals surface area (Å²) >= 11 is 5.73. The predicted octanol–water partition coefficient (Wildman–Crippen LogP) is 2.29. The van der Waals surface area contributed by atoms with Crippen molar-refractivity contribution in [1.82, 2.24) is 5.32 Å². The highest BCUT2D eigenvalue weighted by molar-refractivity contribution is 6.30. The molecule has 22 heavy (non-hydrogen) atoms. The van der Waals surface area contributed by atoms with E-state index in [2.05, 4.69) is 5.32 Å². The number of nitrogens with one attached hydrogen (secondary N) is 1. The lowest BCUT2D eigenvalue weighted by atomic mass is 10.1. The Hall–Kier alpha value is -2.08. The highest BCUT2D eigenvalue weighted by Crippen LogP contribution is 2.10. The number of halogens is 1. The molecule has 7 heteroatoms. The molecule has 0 bridgehead atoms. The minimum Gasteiger partial charge on any atom is -0.457 e. The van der Waals surface area contributed by atoms with Crippen molar-refractivity contribution in [2.24, 2.45) is 5.73 Å². The van der Waals surface area contributed by atoms with Crippen LogP contribution in [0.15, 0.2) is 24.3 Å². The molecule has 0 aromatic heterocycles. The third kappa shape index (κ3) is 7.64. The van der Waals surface area contributed by atoms with Crippen molar-refractivity contribution in [3.63, 3.8) is 0 Å². The van der Waals surface area contributed by atoms with Crippen LogP contribution in [0.5, 0.6) is 0 Å². The number of hydrogen-bond donors (Lipinski definition) is 2. The molecule has 0 radical (unpaired) electrons. The summed E-state index contributed by atoms with van der Waals surface area (Å²) in [5, 5.41) is 3.01. The first kappa shape index (κ1) is 18.0.